The fourth-order valence-electron chi connectivity index (χ4n) is 2.49. The first-order valence-electron chi connectivity index (χ1n) is 8.39. The van der Waals surface area contributed by atoms with Gasteiger partial charge in [-0.25, -0.2) is 9.97 Å². The molecule has 3 aromatic rings. The molecule has 0 aliphatic carbocycles. The van der Waals surface area contributed by atoms with Gasteiger partial charge in [-0.1, -0.05) is 47.5 Å². The second-order valence-corrected chi connectivity index (χ2v) is 6.64. The Hall–Kier alpha value is -2.14. The Kier molecular flexibility index (Phi) is 6.45. The van der Waals surface area contributed by atoms with Crippen LogP contribution in [0.5, 0.6) is 5.88 Å². The molecule has 3 rings (SSSR count). The van der Waals surface area contributed by atoms with Crippen molar-refractivity contribution in [3.05, 3.63) is 64.8 Å². The van der Waals surface area contributed by atoms with Crippen LogP contribution in [0.2, 0.25) is 10.0 Å². The number of rotatable bonds is 7. The molecule has 0 atom stereocenters. The molecule has 0 radical (unpaired) electrons. The molecule has 0 saturated heterocycles. The summed E-state index contributed by atoms with van der Waals surface area (Å²) in [6, 6.07) is 15.0. The lowest BCUT2D eigenvalue weighted by Crippen LogP contribution is -2.05. The van der Waals surface area contributed by atoms with Gasteiger partial charge in [-0.05, 0) is 43.7 Å². The molecule has 1 heterocycles. The first-order valence-corrected chi connectivity index (χ1v) is 9.15. The zero-order valence-corrected chi connectivity index (χ0v) is 15.7. The van der Waals surface area contributed by atoms with E-state index in [9.17, 15) is 0 Å². The van der Waals surface area contributed by atoms with Crippen LogP contribution >= 0.6 is 23.2 Å². The normalized spacial score (nSPS) is 10.7. The van der Waals surface area contributed by atoms with Crippen LogP contribution in [-0.2, 0) is 0 Å². The highest BCUT2D eigenvalue weighted by Crippen LogP contribution is 2.31. The summed E-state index contributed by atoms with van der Waals surface area (Å²) >= 11 is 12.0. The number of nitrogens with two attached hydrogens (primary N) is 1. The van der Waals surface area contributed by atoms with E-state index >= 15 is 0 Å². The number of ether oxygens (including phenoxy) is 1. The molecule has 6 heteroatoms. The number of unbranched alkanes of at least 4 members (excludes halogenated alkanes) is 1. The van der Waals surface area contributed by atoms with Crippen LogP contribution in [0.1, 0.15) is 12.8 Å². The van der Waals surface area contributed by atoms with Gasteiger partial charge in [-0.15, -0.1) is 0 Å². The standard InChI is InChI=1S/C20H19Cl2N3O/c21-16-7-3-14(4-8-16)19-20(15-5-9-17(22)10-6-15)25-18(13-24-19)26-12-2-1-11-23/h3-10,13H,1-2,11-12,23H2. The Morgan fingerprint density at radius 3 is 1.96 bits per heavy atom. The third-order valence-corrected chi connectivity index (χ3v) is 4.34. The van der Waals surface area contributed by atoms with E-state index in [0.717, 1.165) is 35.4 Å². The summed E-state index contributed by atoms with van der Waals surface area (Å²) in [4.78, 5) is 9.27. The minimum Gasteiger partial charge on any atom is -0.477 e. The topological polar surface area (TPSA) is 61.0 Å². The minimum absolute atomic E-state index is 0.490. The van der Waals surface area contributed by atoms with Gasteiger partial charge in [0.25, 0.3) is 0 Å². The Bertz CT molecular complexity index is 852. The Morgan fingerprint density at radius 1 is 0.808 bits per heavy atom. The minimum atomic E-state index is 0.490. The van der Waals surface area contributed by atoms with Gasteiger partial charge in [0, 0.05) is 21.2 Å². The molecule has 0 saturated carbocycles. The number of benzene rings is 2. The van der Waals surface area contributed by atoms with E-state index in [-0.39, 0.29) is 0 Å². The summed E-state index contributed by atoms with van der Waals surface area (Å²) in [5, 5.41) is 1.35. The molecule has 0 aliphatic heterocycles. The summed E-state index contributed by atoms with van der Waals surface area (Å²) in [6.07, 6.45) is 3.44. The average molecular weight is 388 g/mol. The Labute approximate surface area is 163 Å². The molecule has 0 fully saturated rings. The van der Waals surface area contributed by atoms with Gasteiger partial charge in [0.2, 0.25) is 5.88 Å². The molecule has 2 N–H and O–H groups in total. The molecular weight excluding hydrogens is 369 g/mol. The van der Waals surface area contributed by atoms with Gasteiger partial charge in [0.05, 0.1) is 18.5 Å². The first-order chi connectivity index (χ1) is 12.7. The molecule has 0 bridgehead atoms. The summed E-state index contributed by atoms with van der Waals surface area (Å²) in [5.74, 6) is 0.490. The van der Waals surface area contributed by atoms with Crippen molar-refractivity contribution in [2.24, 2.45) is 5.73 Å². The predicted octanol–water partition coefficient (Wildman–Crippen LogP) is 5.24. The summed E-state index contributed by atoms with van der Waals surface area (Å²) < 4.78 is 5.73. The third kappa shape index (κ3) is 4.73. The van der Waals surface area contributed by atoms with E-state index in [1.165, 1.54) is 0 Å². The first kappa shape index (κ1) is 18.6. The highest BCUT2D eigenvalue weighted by Gasteiger charge is 2.13. The highest BCUT2D eigenvalue weighted by atomic mass is 35.5. The number of hydrogen-bond acceptors (Lipinski definition) is 4. The largest absolute Gasteiger partial charge is 0.477 e. The fourth-order valence-corrected chi connectivity index (χ4v) is 2.75. The zero-order chi connectivity index (χ0) is 18.4. The second-order valence-electron chi connectivity index (χ2n) is 5.76. The van der Waals surface area contributed by atoms with E-state index in [4.69, 9.17) is 33.7 Å². The maximum absolute atomic E-state index is 6.02. The van der Waals surface area contributed by atoms with E-state index < -0.39 is 0 Å². The lowest BCUT2D eigenvalue weighted by atomic mass is 10.0. The van der Waals surface area contributed by atoms with Gasteiger partial charge in [-0.3, -0.25) is 0 Å². The van der Waals surface area contributed by atoms with Gasteiger partial charge in [0.15, 0.2) is 0 Å². The van der Waals surface area contributed by atoms with Crippen molar-refractivity contribution in [2.45, 2.75) is 12.8 Å². The van der Waals surface area contributed by atoms with Crippen LogP contribution in [0.15, 0.2) is 54.7 Å². The fraction of sp³-hybridized carbons (Fsp3) is 0.200. The maximum Gasteiger partial charge on any atom is 0.232 e. The molecule has 26 heavy (non-hydrogen) atoms. The summed E-state index contributed by atoms with van der Waals surface area (Å²) in [5.41, 5.74) is 8.86. The molecule has 0 spiro atoms. The van der Waals surface area contributed by atoms with Gasteiger partial charge < -0.3 is 10.5 Å². The van der Waals surface area contributed by atoms with Crippen LogP contribution in [0.3, 0.4) is 0 Å². The highest BCUT2D eigenvalue weighted by molar-refractivity contribution is 6.31. The molecule has 0 aliphatic rings. The Morgan fingerprint density at radius 2 is 1.38 bits per heavy atom. The predicted molar refractivity (Wildman–Crippen MR) is 107 cm³/mol. The lowest BCUT2D eigenvalue weighted by molar-refractivity contribution is 0.295. The van der Waals surface area contributed by atoms with Crippen molar-refractivity contribution in [1.82, 2.24) is 9.97 Å². The smallest absolute Gasteiger partial charge is 0.232 e. The SMILES string of the molecule is NCCCCOc1cnc(-c2ccc(Cl)cc2)c(-c2ccc(Cl)cc2)n1. The second kappa shape index (κ2) is 8.99. The van der Waals surface area contributed by atoms with Crippen LogP contribution in [0.4, 0.5) is 0 Å². The molecule has 0 amide bonds. The van der Waals surface area contributed by atoms with Crippen molar-refractivity contribution in [3.8, 4) is 28.4 Å². The van der Waals surface area contributed by atoms with E-state index in [1.807, 2.05) is 48.5 Å². The number of halogens is 2. The van der Waals surface area contributed by atoms with Crippen molar-refractivity contribution in [2.75, 3.05) is 13.2 Å². The van der Waals surface area contributed by atoms with Crippen LogP contribution in [-0.4, -0.2) is 23.1 Å². The van der Waals surface area contributed by atoms with Crippen molar-refractivity contribution < 1.29 is 4.74 Å². The molecule has 4 nitrogen and oxygen atoms in total. The summed E-state index contributed by atoms with van der Waals surface area (Å²) in [7, 11) is 0. The van der Waals surface area contributed by atoms with Crippen molar-refractivity contribution in [1.29, 1.82) is 0 Å². The third-order valence-electron chi connectivity index (χ3n) is 3.83. The average Bonchev–Trinajstić information content (AvgIpc) is 2.67. The van der Waals surface area contributed by atoms with Gasteiger partial charge >= 0.3 is 0 Å². The number of aromatic nitrogens is 2. The van der Waals surface area contributed by atoms with Crippen LogP contribution < -0.4 is 10.5 Å². The van der Waals surface area contributed by atoms with Crippen molar-refractivity contribution in [3.63, 3.8) is 0 Å². The molecular formula is C20H19Cl2N3O. The van der Waals surface area contributed by atoms with E-state index in [1.54, 1.807) is 6.20 Å². The quantitative estimate of drug-likeness (QED) is 0.563. The van der Waals surface area contributed by atoms with Gasteiger partial charge in [-0.2, -0.15) is 0 Å². The molecule has 134 valence electrons. The lowest BCUT2D eigenvalue weighted by Gasteiger charge is -2.11. The van der Waals surface area contributed by atoms with Crippen LogP contribution in [0, 0.1) is 0 Å². The van der Waals surface area contributed by atoms with E-state index in [0.29, 0.717) is 29.1 Å². The monoisotopic (exact) mass is 387 g/mol. The van der Waals surface area contributed by atoms with E-state index in [2.05, 4.69) is 9.97 Å². The Balaban J connectivity index is 1.97. The molecule has 2 aromatic carbocycles. The molecule has 1 aromatic heterocycles. The van der Waals surface area contributed by atoms with Gasteiger partial charge in [0.1, 0.15) is 5.69 Å². The maximum atomic E-state index is 6.02. The van der Waals surface area contributed by atoms with Crippen LogP contribution in [0.25, 0.3) is 22.5 Å². The van der Waals surface area contributed by atoms with Crippen molar-refractivity contribution >= 4 is 23.2 Å². The summed E-state index contributed by atoms with van der Waals surface area (Å²) in [6.45, 7) is 1.22. The zero-order valence-electron chi connectivity index (χ0n) is 14.2. The molecule has 0 unspecified atom stereocenters. The number of nitrogens with zero attached hydrogens (tertiary/aromatic N) is 2. The number of hydrogen-bond donors (Lipinski definition) is 1.